The van der Waals surface area contributed by atoms with Gasteiger partial charge in [0.25, 0.3) is 0 Å². The van der Waals surface area contributed by atoms with Crippen molar-refractivity contribution in [1.29, 1.82) is 0 Å². The smallest absolute Gasteiger partial charge is 0.312 e. The van der Waals surface area contributed by atoms with Gasteiger partial charge in [-0.25, -0.2) is 12.7 Å². The fourth-order valence-corrected chi connectivity index (χ4v) is 4.89. The Balaban J connectivity index is 1.78. The minimum absolute atomic E-state index is 0.0101. The molecule has 3 heterocycles. The van der Waals surface area contributed by atoms with Crippen LogP contribution >= 0.6 is 0 Å². The number of carbonyl (C=O) groups is 1. The average Bonchev–Trinajstić information content (AvgIpc) is 3.03. The van der Waals surface area contributed by atoms with Gasteiger partial charge >= 0.3 is 5.97 Å². The van der Waals surface area contributed by atoms with Crippen LogP contribution in [0, 0.1) is 11.3 Å². The molecule has 0 unspecified atom stereocenters. The number of hydrogen-bond acceptors (Lipinski definition) is 5. The number of sulfonamides is 1. The SMILES string of the molecule is CCS(=O)(=O)N1C[C@H]2CN(Cc3ccncc3)C[C@@]2(C(=O)O)C1. The van der Waals surface area contributed by atoms with Crippen molar-refractivity contribution in [3.05, 3.63) is 30.1 Å². The molecule has 7 nitrogen and oxygen atoms in total. The Hall–Kier alpha value is -1.51. The molecule has 2 aliphatic heterocycles. The van der Waals surface area contributed by atoms with E-state index in [1.54, 1.807) is 19.3 Å². The zero-order chi connectivity index (χ0) is 16.7. The van der Waals surface area contributed by atoms with Gasteiger partial charge in [0, 0.05) is 51.0 Å². The lowest BCUT2D eigenvalue weighted by Crippen LogP contribution is -2.42. The van der Waals surface area contributed by atoms with Crippen LogP contribution in [0.5, 0.6) is 0 Å². The molecule has 3 rings (SSSR count). The number of nitrogens with zero attached hydrogens (tertiary/aromatic N) is 3. The lowest BCUT2D eigenvalue weighted by molar-refractivity contribution is -0.148. The number of aromatic nitrogens is 1. The van der Waals surface area contributed by atoms with E-state index in [1.165, 1.54) is 4.31 Å². The monoisotopic (exact) mass is 339 g/mol. The van der Waals surface area contributed by atoms with Gasteiger partial charge in [0.15, 0.2) is 0 Å². The summed E-state index contributed by atoms with van der Waals surface area (Å²) in [5.41, 5.74) is 0.0912. The molecule has 0 amide bonds. The number of likely N-dealkylation sites (tertiary alicyclic amines) is 1. The lowest BCUT2D eigenvalue weighted by atomic mass is 9.81. The summed E-state index contributed by atoms with van der Waals surface area (Å²) in [5, 5.41) is 9.76. The Labute approximate surface area is 136 Å². The second-order valence-corrected chi connectivity index (χ2v) is 8.63. The van der Waals surface area contributed by atoms with Gasteiger partial charge in [-0.2, -0.15) is 0 Å². The van der Waals surface area contributed by atoms with Crippen LogP contribution < -0.4 is 0 Å². The minimum Gasteiger partial charge on any atom is -0.481 e. The van der Waals surface area contributed by atoms with E-state index in [0.29, 0.717) is 26.2 Å². The summed E-state index contributed by atoms with van der Waals surface area (Å²) in [6.07, 6.45) is 3.43. The third-order valence-electron chi connectivity index (χ3n) is 4.99. The molecule has 0 saturated carbocycles. The standard InChI is InChI=1S/C15H21N3O4S/c1-2-23(21,22)18-9-13-8-17(7-12-3-5-16-6-4-12)10-15(13,11-18)14(19)20/h3-6,13H,2,7-11H2,1H3,(H,19,20)/t13-,15-/m1/s1. The number of rotatable bonds is 5. The van der Waals surface area contributed by atoms with E-state index >= 15 is 0 Å². The molecule has 0 bridgehead atoms. The number of carboxylic acid groups (broad SMARTS) is 1. The maximum Gasteiger partial charge on any atom is 0.312 e. The van der Waals surface area contributed by atoms with Crippen molar-refractivity contribution in [1.82, 2.24) is 14.2 Å². The Kier molecular flexibility index (Phi) is 4.16. The van der Waals surface area contributed by atoms with E-state index in [0.717, 1.165) is 5.56 Å². The minimum atomic E-state index is -3.34. The van der Waals surface area contributed by atoms with Crippen LogP contribution in [0.4, 0.5) is 0 Å². The molecule has 8 heteroatoms. The first-order valence-corrected chi connectivity index (χ1v) is 9.31. The van der Waals surface area contributed by atoms with E-state index in [2.05, 4.69) is 9.88 Å². The predicted molar refractivity (Wildman–Crippen MR) is 84.1 cm³/mol. The molecular formula is C15H21N3O4S. The van der Waals surface area contributed by atoms with Crippen LogP contribution in [0.25, 0.3) is 0 Å². The normalized spacial score (nSPS) is 28.8. The van der Waals surface area contributed by atoms with E-state index < -0.39 is 21.4 Å². The highest BCUT2D eigenvalue weighted by Gasteiger charge is 2.59. The molecule has 2 fully saturated rings. The first-order valence-electron chi connectivity index (χ1n) is 7.70. The first-order chi connectivity index (χ1) is 10.9. The first kappa shape index (κ1) is 16.4. The lowest BCUT2D eigenvalue weighted by Gasteiger charge is -2.25. The molecule has 0 spiro atoms. The van der Waals surface area contributed by atoms with Crippen LogP contribution in [-0.4, -0.2) is 65.6 Å². The quantitative estimate of drug-likeness (QED) is 0.827. The highest BCUT2D eigenvalue weighted by Crippen LogP contribution is 2.44. The van der Waals surface area contributed by atoms with Crippen LogP contribution in [-0.2, 0) is 21.4 Å². The van der Waals surface area contributed by atoms with Gasteiger partial charge < -0.3 is 5.11 Å². The molecule has 0 aromatic carbocycles. The summed E-state index contributed by atoms with van der Waals surface area (Å²) in [6.45, 7) is 3.61. The highest BCUT2D eigenvalue weighted by molar-refractivity contribution is 7.89. The van der Waals surface area contributed by atoms with E-state index in [4.69, 9.17) is 0 Å². The molecule has 0 radical (unpaired) electrons. The zero-order valence-electron chi connectivity index (χ0n) is 13.1. The Morgan fingerprint density at radius 1 is 1.35 bits per heavy atom. The topological polar surface area (TPSA) is 90.8 Å². The fraction of sp³-hybridized carbons (Fsp3) is 0.600. The van der Waals surface area contributed by atoms with Crippen molar-refractivity contribution in [2.75, 3.05) is 31.9 Å². The van der Waals surface area contributed by atoms with Gasteiger partial charge in [0.05, 0.1) is 11.2 Å². The molecule has 126 valence electrons. The number of aliphatic carboxylic acids is 1. The van der Waals surface area contributed by atoms with Gasteiger partial charge in [-0.05, 0) is 24.6 Å². The molecule has 1 N–H and O–H groups in total. The van der Waals surface area contributed by atoms with Gasteiger partial charge in [-0.3, -0.25) is 14.7 Å². The molecule has 2 atom stereocenters. The van der Waals surface area contributed by atoms with E-state index in [1.807, 2.05) is 12.1 Å². The highest BCUT2D eigenvalue weighted by atomic mass is 32.2. The third kappa shape index (κ3) is 2.86. The van der Waals surface area contributed by atoms with E-state index in [-0.39, 0.29) is 18.2 Å². The van der Waals surface area contributed by atoms with Gasteiger partial charge in [-0.1, -0.05) is 0 Å². The summed E-state index contributed by atoms with van der Waals surface area (Å²) in [5.74, 6) is -1.05. The number of pyridine rings is 1. The van der Waals surface area contributed by atoms with Crippen LogP contribution in [0.1, 0.15) is 12.5 Å². The second-order valence-electron chi connectivity index (χ2n) is 6.38. The van der Waals surface area contributed by atoms with E-state index in [9.17, 15) is 18.3 Å². The van der Waals surface area contributed by atoms with Crippen molar-refractivity contribution in [3.8, 4) is 0 Å². The predicted octanol–water partition coefficient (Wildman–Crippen LogP) is 0.250. The van der Waals surface area contributed by atoms with Crippen LogP contribution in [0.15, 0.2) is 24.5 Å². The Morgan fingerprint density at radius 3 is 2.61 bits per heavy atom. The fourth-order valence-electron chi connectivity index (χ4n) is 3.69. The van der Waals surface area contributed by atoms with Gasteiger partial charge in [-0.15, -0.1) is 0 Å². The van der Waals surface area contributed by atoms with Crippen molar-refractivity contribution in [3.63, 3.8) is 0 Å². The van der Waals surface area contributed by atoms with Crippen molar-refractivity contribution < 1.29 is 18.3 Å². The van der Waals surface area contributed by atoms with Crippen molar-refractivity contribution in [2.24, 2.45) is 11.3 Å². The molecule has 2 aliphatic rings. The largest absolute Gasteiger partial charge is 0.481 e. The number of hydrogen-bond donors (Lipinski definition) is 1. The van der Waals surface area contributed by atoms with Gasteiger partial charge in [0.1, 0.15) is 0 Å². The average molecular weight is 339 g/mol. The Bertz CT molecular complexity index is 694. The second kappa shape index (κ2) is 5.85. The van der Waals surface area contributed by atoms with Crippen molar-refractivity contribution in [2.45, 2.75) is 13.5 Å². The zero-order valence-corrected chi connectivity index (χ0v) is 13.9. The maximum atomic E-state index is 12.1. The maximum absolute atomic E-state index is 12.1. The molecule has 1 aromatic rings. The third-order valence-corrected chi connectivity index (χ3v) is 6.78. The summed E-state index contributed by atoms with van der Waals surface area (Å²) in [4.78, 5) is 18.0. The van der Waals surface area contributed by atoms with Crippen LogP contribution in [0.2, 0.25) is 0 Å². The summed E-state index contributed by atoms with van der Waals surface area (Å²) in [6, 6.07) is 3.82. The van der Waals surface area contributed by atoms with Crippen LogP contribution in [0.3, 0.4) is 0 Å². The molecule has 1 aromatic heterocycles. The summed E-state index contributed by atoms with van der Waals surface area (Å²) in [7, 11) is -3.34. The number of fused-ring (bicyclic) bond motifs is 1. The molecule has 2 saturated heterocycles. The molecule has 23 heavy (non-hydrogen) atoms. The van der Waals surface area contributed by atoms with Crippen molar-refractivity contribution >= 4 is 16.0 Å². The summed E-state index contributed by atoms with van der Waals surface area (Å²) < 4.78 is 25.5. The number of carboxylic acids is 1. The summed E-state index contributed by atoms with van der Waals surface area (Å²) >= 11 is 0. The van der Waals surface area contributed by atoms with Gasteiger partial charge in [0.2, 0.25) is 10.0 Å². The molecule has 0 aliphatic carbocycles. The Morgan fingerprint density at radius 2 is 2.04 bits per heavy atom. The molecular weight excluding hydrogens is 318 g/mol.